The molecule has 150 valence electrons. The second kappa shape index (κ2) is 12.6. The maximum atomic E-state index is 12.5. The molecule has 0 amide bonds. The first-order valence-corrected chi connectivity index (χ1v) is 12.5. The summed E-state index contributed by atoms with van der Waals surface area (Å²) in [5.41, 5.74) is 3.04. The second-order valence-electron chi connectivity index (χ2n) is 6.13. The van der Waals surface area contributed by atoms with Crippen LogP contribution in [-0.4, -0.2) is 27.3 Å². The Hall–Kier alpha value is 1.74. The molecule has 0 saturated heterocycles. The third-order valence-electron chi connectivity index (χ3n) is 4.50. The molecule has 0 saturated carbocycles. The van der Waals surface area contributed by atoms with Crippen LogP contribution in [0.15, 0.2) is 45.6 Å². The van der Waals surface area contributed by atoms with Crippen LogP contribution in [0.2, 0.25) is 0 Å². The average Bonchev–Trinajstić information content (AvgIpc) is 2.65. The molecule has 1 aliphatic heterocycles. The number of alkyl halides is 1. The third-order valence-corrected chi connectivity index (χ3v) is 7.91. The van der Waals surface area contributed by atoms with E-state index in [0.717, 1.165) is 23.9 Å². The molecule has 0 fully saturated rings. The van der Waals surface area contributed by atoms with Crippen LogP contribution in [0.5, 0.6) is 5.75 Å². The van der Waals surface area contributed by atoms with Gasteiger partial charge in [0.15, 0.2) is 5.78 Å². The van der Waals surface area contributed by atoms with Crippen molar-refractivity contribution < 1.29 is 84.0 Å². The van der Waals surface area contributed by atoms with Crippen molar-refractivity contribution in [2.24, 2.45) is 0 Å². The smallest absolute Gasteiger partial charge is 0.870 e. The number of hydrogen-bond donors (Lipinski definition) is 0. The number of ether oxygens (including phenoxy) is 1. The molecule has 1 heterocycles. The molecule has 0 spiro atoms. The molecule has 1 aliphatic carbocycles. The molecule has 0 aromatic heterocycles. The number of carbonyl (C=O) groups is 2. The Balaban J connectivity index is 0.00000160. The largest absolute Gasteiger partial charge is 1.00 e. The summed E-state index contributed by atoms with van der Waals surface area (Å²) in [4.78, 5) is 24.4. The topological polar surface area (TPSA) is 96.4 Å². The standard InChI is InChI=1S/C20H9I4O4.2Na.H2O/c21-8-5-11-15(9-3-1-2-4-10(9)20(26)27)12-7-13(22)17(25)16(24)19(12)28-18(11)14(23)6-8;;;/h1-5,7,16,19H,(H,26,27);;;1H2/q-1;2*+1;/p-2. The van der Waals surface area contributed by atoms with Gasteiger partial charge in [0.25, 0.3) is 0 Å². The number of carbonyl (C=O) groups excluding carboxylic acids is 2. The zero-order valence-electron chi connectivity index (χ0n) is 16.2. The van der Waals surface area contributed by atoms with Crippen LogP contribution in [0.3, 0.4) is 0 Å². The molecule has 31 heavy (non-hydrogen) atoms. The summed E-state index contributed by atoms with van der Waals surface area (Å²) in [5.74, 6) is -0.607. The van der Waals surface area contributed by atoms with Gasteiger partial charge in [0.05, 0.1) is 9.55 Å². The molecule has 2 aromatic carbocycles. The van der Waals surface area contributed by atoms with E-state index in [1.54, 1.807) is 18.2 Å². The second-order valence-corrected chi connectivity index (χ2v) is 10.9. The summed E-state index contributed by atoms with van der Waals surface area (Å²) in [7, 11) is 0. The number of rotatable bonds is 2. The third kappa shape index (κ3) is 5.94. The van der Waals surface area contributed by atoms with E-state index in [1.165, 1.54) is 6.07 Å². The van der Waals surface area contributed by atoms with Gasteiger partial charge in [-0.3, -0.25) is 4.79 Å². The number of aromatic carboxylic acids is 1. The van der Waals surface area contributed by atoms with Gasteiger partial charge >= 0.3 is 59.1 Å². The molecule has 2 aromatic rings. The molecule has 2 unspecified atom stereocenters. The minimum Gasteiger partial charge on any atom is -0.870 e. The van der Waals surface area contributed by atoms with Gasteiger partial charge < -0.3 is 20.1 Å². The molecule has 11 heteroatoms. The maximum absolute atomic E-state index is 12.5. The quantitative estimate of drug-likeness (QED) is 0.153. The fourth-order valence-corrected chi connectivity index (χ4v) is 7.27. The monoisotopic (exact) mass is 883 g/mol. The Morgan fingerprint density at radius 1 is 1.10 bits per heavy atom. The number of carboxylic acids is 1. The zero-order valence-corrected chi connectivity index (χ0v) is 28.8. The summed E-state index contributed by atoms with van der Waals surface area (Å²) in [5, 5.41) is 11.8. The van der Waals surface area contributed by atoms with Crippen molar-refractivity contribution in [1.82, 2.24) is 0 Å². The van der Waals surface area contributed by atoms with Crippen molar-refractivity contribution in [1.29, 1.82) is 0 Å². The number of allylic oxidation sites excluding steroid dienone is 1. The van der Waals surface area contributed by atoms with Crippen molar-refractivity contribution >= 4 is 108 Å². The first-order valence-electron chi connectivity index (χ1n) is 7.98. The number of Topliss-reactive ketones (excluding diaryl/α,β-unsaturated/α-hetero) is 1. The van der Waals surface area contributed by atoms with E-state index in [-0.39, 0.29) is 75.9 Å². The molecule has 1 N–H and O–H groups in total. The maximum Gasteiger partial charge on any atom is 1.00 e. The van der Waals surface area contributed by atoms with E-state index in [4.69, 9.17) is 4.74 Å². The number of ketones is 1. The van der Waals surface area contributed by atoms with Gasteiger partial charge in [-0.15, -0.1) is 6.07 Å². The van der Waals surface area contributed by atoms with Crippen LogP contribution in [-0.2, 0) is 4.79 Å². The van der Waals surface area contributed by atoms with Gasteiger partial charge in [0.2, 0.25) is 0 Å². The van der Waals surface area contributed by atoms with Gasteiger partial charge in [-0.25, -0.2) is 0 Å². The van der Waals surface area contributed by atoms with Crippen LogP contribution in [0, 0.1) is 13.2 Å². The molecule has 2 atom stereocenters. The van der Waals surface area contributed by atoms with Crippen LogP contribution in [0.4, 0.5) is 0 Å². The summed E-state index contributed by atoms with van der Waals surface area (Å²) in [6.45, 7) is 0. The molecular weight excluding hydrogens is 874 g/mol. The summed E-state index contributed by atoms with van der Waals surface area (Å²) in [6, 6.07) is 12.0. The van der Waals surface area contributed by atoms with Crippen LogP contribution >= 0.6 is 90.4 Å². The normalized spacial score (nSPS) is 18.8. The number of hydrogen-bond acceptors (Lipinski definition) is 5. The van der Waals surface area contributed by atoms with E-state index in [2.05, 4.69) is 73.8 Å². The van der Waals surface area contributed by atoms with E-state index in [1.807, 2.05) is 34.7 Å². The molecular formula is C20H9I4Na2O5-. The predicted molar refractivity (Wildman–Crippen MR) is 139 cm³/mol. The molecule has 0 bridgehead atoms. The fourth-order valence-electron chi connectivity index (χ4n) is 3.33. The predicted octanol–water partition coefficient (Wildman–Crippen LogP) is -1.84. The number of benzene rings is 2. The van der Waals surface area contributed by atoms with Gasteiger partial charge in [-0.05, 0) is 39.8 Å². The Morgan fingerprint density at radius 3 is 2.39 bits per heavy atom. The first kappa shape index (κ1) is 30.8. The van der Waals surface area contributed by atoms with Crippen molar-refractivity contribution in [3.63, 3.8) is 0 Å². The van der Waals surface area contributed by atoms with E-state index >= 15 is 0 Å². The molecule has 4 rings (SSSR count). The van der Waals surface area contributed by atoms with Crippen LogP contribution < -0.4 is 69.0 Å². The van der Waals surface area contributed by atoms with Gasteiger partial charge in [0, 0.05) is 16.9 Å². The molecule has 0 radical (unpaired) electrons. The van der Waals surface area contributed by atoms with E-state index < -0.39 is 16.0 Å². The number of carboxylic acid groups (broad SMARTS) is 1. The van der Waals surface area contributed by atoms with Crippen molar-refractivity contribution in [3.05, 3.63) is 75.5 Å². The van der Waals surface area contributed by atoms with Crippen LogP contribution in [0.25, 0.3) is 5.57 Å². The minimum atomic E-state index is -1.24. The van der Waals surface area contributed by atoms with Crippen LogP contribution in [0.1, 0.15) is 21.5 Å². The van der Waals surface area contributed by atoms with E-state index in [0.29, 0.717) is 14.9 Å². The number of fused-ring (bicyclic) bond motifs is 2. The van der Waals surface area contributed by atoms with Crippen molar-refractivity contribution in [2.75, 3.05) is 0 Å². The summed E-state index contributed by atoms with van der Waals surface area (Å²) in [6.07, 6.45) is 1.31. The minimum absolute atomic E-state index is 0. The Morgan fingerprint density at radius 2 is 1.74 bits per heavy atom. The Bertz CT molecular complexity index is 1120. The van der Waals surface area contributed by atoms with Gasteiger partial charge in [0.1, 0.15) is 10.0 Å². The van der Waals surface area contributed by atoms with Crippen molar-refractivity contribution in [2.45, 2.75) is 10.0 Å². The Labute approximate surface area is 278 Å². The zero-order chi connectivity index (χ0) is 20.2. The van der Waals surface area contributed by atoms with Gasteiger partial charge in [-0.1, -0.05) is 105 Å². The first-order chi connectivity index (χ1) is 13.3. The average molecular weight is 883 g/mol. The Kier molecular flexibility index (Phi) is 12.5. The van der Waals surface area contributed by atoms with Crippen molar-refractivity contribution in [3.8, 4) is 5.75 Å². The number of halogens is 4. The fraction of sp³-hybridized carbons (Fsp3) is 0.100. The summed E-state index contributed by atoms with van der Waals surface area (Å²) < 4.78 is 8.15. The van der Waals surface area contributed by atoms with E-state index in [9.17, 15) is 14.7 Å². The SMILES string of the molecule is O=C([O-])c1ccccc1C1=C2C=C(I)C(=O)C(I)C2Oc2c(I)[c-]c(I)cc21.[Na+].[Na+].[OH-]. The molecule has 2 aliphatic rings. The van der Waals surface area contributed by atoms with Gasteiger partial charge in [-0.2, -0.15) is 6.07 Å². The summed E-state index contributed by atoms with van der Waals surface area (Å²) >= 11 is 8.48. The molecule has 5 nitrogen and oxygen atoms in total.